The lowest BCUT2D eigenvalue weighted by Crippen LogP contribution is -2.41. The van der Waals surface area contributed by atoms with E-state index in [9.17, 15) is 13.2 Å². The first-order valence-electron chi connectivity index (χ1n) is 8.07. The maximum absolute atomic E-state index is 12.0. The molecule has 1 N–H and O–H groups in total. The van der Waals surface area contributed by atoms with Crippen molar-refractivity contribution in [3.05, 3.63) is 29.8 Å². The highest BCUT2D eigenvalue weighted by atomic mass is 32.2. The number of ether oxygens (including phenoxy) is 1. The molecule has 6 nitrogen and oxygen atoms in total. The number of nitrogens with zero attached hydrogens (tertiary/aromatic N) is 1. The number of sulfonamides is 1. The topological polar surface area (TPSA) is 75.7 Å². The Bertz CT molecular complexity index is 629. The van der Waals surface area contributed by atoms with E-state index in [2.05, 4.69) is 19.2 Å². The molecule has 0 saturated carbocycles. The van der Waals surface area contributed by atoms with E-state index in [1.165, 1.54) is 4.31 Å². The van der Waals surface area contributed by atoms with Gasteiger partial charge in [-0.25, -0.2) is 8.42 Å². The summed E-state index contributed by atoms with van der Waals surface area (Å²) in [6, 6.07) is 7.46. The van der Waals surface area contributed by atoms with Crippen molar-refractivity contribution in [3.8, 4) is 5.75 Å². The predicted molar refractivity (Wildman–Crippen MR) is 95.6 cm³/mol. The van der Waals surface area contributed by atoms with Gasteiger partial charge in [0.15, 0.2) is 0 Å². The molecule has 1 aromatic rings. The van der Waals surface area contributed by atoms with Crippen molar-refractivity contribution in [3.63, 3.8) is 0 Å². The summed E-state index contributed by atoms with van der Waals surface area (Å²) in [7, 11) is -1.86. The van der Waals surface area contributed by atoms with E-state index in [1.807, 2.05) is 24.3 Å². The van der Waals surface area contributed by atoms with E-state index in [-0.39, 0.29) is 19.0 Å². The number of rotatable bonds is 10. The van der Waals surface area contributed by atoms with Crippen molar-refractivity contribution in [2.24, 2.45) is 5.92 Å². The van der Waals surface area contributed by atoms with Crippen LogP contribution in [0.1, 0.15) is 25.8 Å². The van der Waals surface area contributed by atoms with Crippen molar-refractivity contribution in [2.45, 2.75) is 26.7 Å². The second-order valence-electron chi connectivity index (χ2n) is 6.23. The molecule has 0 radical (unpaired) electrons. The fourth-order valence-corrected chi connectivity index (χ4v) is 2.93. The zero-order valence-corrected chi connectivity index (χ0v) is 15.7. The largest absolute Gasteiger partial charge is 0.497 e. The van der Waals surface area contributed by atoms with Crippen LogP contribution in [0.25, 0.3) is 0 Å². The van der Waals surface area contributed by atoms with E-state index in [0.29, 0.717) is 18.9 Å². The van der Waals surface area contributed by atoms with Crippen LogP contribution in [-0.4, -0.2) is 51.6 Å². The van der Waals surface area contributed by atoms with Gasteiger partial charge in [-0.05, 0) is 36.5 Å². The van der Waals surface area contributed by atoms with Crippen LogP contribution >= 0.6 is 0 Å². The number of carbonyl (C=O) groups is 1. The maximum Gasteiger partial charge on any atom is 0.235 e. The molecular weight excluding hydrogens is 328 g/mol. The summed E-state index contributed by atoms with van der Waals surface area (Å²) >= 11 is 0. The Morgan fingerprint density at radius 3 is 2.62 bits per heavy atom. The van der Waals surface area contributed by atoms with Crippen molar-refractivity contribution in [1.29, 1.82) is 0 Å². The Labute approximate surface area is 145 Å². The smallest absolute Gasteiger partial charge is 0.235 e. The summed E-state index contributed by atoms with van der Waals surface area (Å²) in [5, 5.41) is 2.77. The third kappa shape index (κ3) is 7.79. The Hall–Kier alpha value is -1.60. The number of methoxy groups -OCH3 is 1. The molecule has 1 rings (SSSR count). The average molecular weight is 356 g/mol. The maximum atomic E-state index is 12.0. The van der Waals surface area contributed by atoms with Crippen molar-refractivity contribution >= 4 is 15.9 Å². The second-order valence-corrected chi connectivity index (χ2v) is 8.21. The van der Waals surface area contributed by atoms with Crippen LogP contribution in [0, 0.1) is 5.92 Å². The summed E-state index contributed by atoms with van der Waals surface area (Å²) in [6.45, 7) is 4.81. The summed E-state index contributed by atoms with van der Waals surface area (Å²) < 4.78 is 30.2. The second kappa shape index (κ2) is 9.64. The summed E-state index contributed by atoms with van der Waals surface area (Å²) in [6.07, 6.45) is 2.51. The molecule has 0 aliphatic rings. The van der Waals surface area contributed by atoms with E-state index in [0.717, 1.165) is 24.0 Å². The van der Waals surface area contributed by atoms with Crippen molar-refractivity contribution in [2.75, 3.05) is 33.0 Å². The molecule has 24 heavy (non-hydrogen) atoms. The summed E-state index contributed by atoms with van der Waals surface area (Å²) in [5.74, 6) is 0.945. The minimum atomic E-state index is -3.45. The zero-order chi connectivity index (χ0) is 18.2. The number of nitrogens with one attached hydrogen (secondary N) is 1. The number of amides is 1. The Kier molecular flexibility index (Phi) is 8.21. The van der Waals surface area contributed by atoms with Gasteiger partial charge in [0.05, 0.1) is 19.9 Å². The van der Waals surface area contributed by atoms with Crippen LogP contribution in [0.3, 0.4) is 0 Å². The van der Waals surface area contributed by atoms with Gasteiger partial charge in [-0.3, -0.25) is 4.79 Å². The number of hydrogen-bond acceptors (Lipinski definition) is 4. The monoisotopic (exact) mass is 356 g/mol. The third-order valence-electron chi connectivity index (χ3n) is 3.62. The van der Waals surface area contributed by atoms with Gasteiger partial charge in [0.2, 0.25) is 15.9 Å². The molecule has 0 saturated heterocycles. The van der Waals surface area contributed by atoms with Crippen LogP contribution in [0.4, 0.5) is 0 Å². The van der Waals surface area contributed by atoms with Gasteiger partial charge in [0.25, 0.3) is 0 Å². The summed E-state index contributed by atoms with van der Waals surface area (Å²) in [4.78, 5) is 12.0. The van der Waals surface area contributed by atoms with E-state index in [4.69, 9.17) is 4.74 Å². The van der Waals surface area contributed by atoms with Crippen molar-refractivity contribution < 1.29 is 17.9 Å². The minimum absolute atomic E-state index is 0.152. The van der Waals surface area contributed by atoms with Crippen LogP contribution in [0.5, 0.6) is 5.75 Å². The van der Waals surface area contributed by atoms with Gasteiger partial charge in [0, 0.05) is 13.1 Å². The minimum Gasteiger partial charge on any atom is -0.497 e. The molecule has 0 aromatic heterocycles. The van der Waals surface area contributed by atoms with E-state index >= 15 is 0 Å². The summed E-state index contributed by atoms with van der Waals surface area (Å²) in [5.41, 5.74) is 0.961. The van der Waals surface area contributed by atoms with Gasteiger partial charge < -0.3 is 10.1 Å². The molecule has 0 atom stereocenters. The molecule has 0 spiro atoms. The number of hydrogen-bond donors (Lipinski definition) is 1. The lowest BCUT2D eigenvalue weighted by molar-refractivity contribution is -0.121. The van der Waals surface area contributed by atoms with Gasteiger partial charge >= 0.3 is 0 Å². The highest BCUT2D eigenvalue weighted by molar-refractivity contribution is 7.88. The van der Waals surface area contributed by atoms with Crippen molar-refractivity contribution in [1.82, 2.24) is 9.62 Å². The Morgan fingerprint density at radius 2 is 2.04 bits per heavy atom. The van der Waals surface area contributed by atoms with Gasteiger partial charge in [0.1, 0.15) is 5.75 Å². The standard InChI is InChI=1S/C17H28N2O4S/c1-14(2)8-10-18-17(20)13-19(24(4,21)22)11-9-15-6-5-7-16(12-15)23-3/h5-7,12,14H,8-11,13H2,1-4H3,(H,18,20). The first kappa shape index (κ1) is 20.4. The molecule has 0 bridgehead atoms. The van der Waals surface area contributed by atoms with Gasteiger partial charge in [-0.15, -0.1) is 0 Å². The third-order valence-corrected chi connectivity index (χ3v) is 4.87. The van der Waals surface area contributed by atoms with E-state index in [1.54, 1.807) is 7.11 Å². The number of benzene rings is 1. The first-order valence-corrected chi connectivity index (χ1v) is 9.92. The highest BCUT2D eigenvalue weighted by Gasteiger charge is 2.19. The zero-order valence-electron chi connectivity index (χ0n) is 14.9. The van der Waals surface area contributed by atoms with Crippen LogP contribution in [0.15, 0.2) is 24.3 Å². The SMILES string of the molecule is COc1cccc(CCN(CC(=O)NCCC(C)C)S(C)(=O)=O)c1. The molecule has 0 unspecified atom stereocenters. The predicted octanol–water partition coefficient (Wildman–Crippen LogP) is 1.66. The highest BCUT2D eigenvalue weighted by Crippen LogP contribution is 2.13. The molecule has 0 aliphatic heterocycles. The number of carbonyl (C=O) groups excluding carboxylic acids is 1. The quantitative estimate of drug-likeness (QED) is 0.692. The normalized spacial score (nSPS) is 11.8. The fourth-order valence-electron chi connectivity index (χ4n) is 2.16. The fraction of sp³-hybridized carbons (Fsp3) is 0.588. The lowest BCUT2D eigenvalue weighted by Gasteiger charge is -2.19. The molecule has 136 valence electrons. The van der Waals surface area contributed by atoms with E-state index < -0.39 is 10.0 Å². The van der Waals surface area contributed by atoms with Gasteiger partial charge in [-0.2, -0.15) is 4.31 Å². The molecule has 1 aromatic carbocycles. The lowest BCUT2D eigenvalue weighted by atomic mass is 10.1. The average Bonchev–Trinajstić information content (AvgIpc) is 2.50. The van der Waals surface area contributed by atoms with Crippen LogP contribution < -0.4 is 10.1 Å². The Balaban J connectivity index is 2.61. The molecule has 7 heteroatoms. The van der Waals surface area contributed by atoms with Crippen LogP contribution in [0.2, 0.25) is 0 Å². The molecular formula is C17H28N2O4S. The Morgan fingerprint density at radius 1 is 1.33 bits per heavy atom. The van der Waals surface area contributed by atoms with Crippen LogP contribution in [-0.2, 0) is 21.2 Å². The molecule has 1 amide bonds. The van der Waals surface area contributed by atoms with Gasteiger partial charge in [-0.1, -0.05) is 26.0 Å². The molecule has 0 heterocycles. The molecule has 0 fully saturated rings. The molecule has 0 aliphatic carbocycles. The first-order chi connectivity index (χ1) is 11.2.